The Hall–Kier alpha value is -3.55. The van der Waals surface area contributed by atoms with E-state index in [1.807, 2.05) is 0 Å². The van der Waals surface area contributed by atoms with Gasteiger partial charge in [0.05, 0.1) is 23.0 Å². The van der Waals surface area contributed by atoms with E-state index >= 15 is 0 Å². The van der Waals surface area contributed by atoms with Crippen LogP contribution in [0.25, 0.3) is 28.1 Å². The second-order valence-electron chi connectivity index (χ2n) is 7.06. The predicted molar refractivity (Wildman–Crippen MR) is 111 cm³/mol. The maximum Gasteiger partial charge on any atom is 0.433 e. The van der Waals surface area contributed by atoms with E-state index in [9.17, 15) is 26.4 Å². The highest BCUT2D eigenvalue weighted by atomic mass is 32.2. The largest absolute Gasteiger partial charge is 0.433 e. The monoisotopic (exact) mass is 481 g/mol. The normalized spacial score (nSPS) is 12.5. The standard InChI is InChI=1S/C19H18F3N7O3S/c1-4-23-17(30)11-6-7-24-15-14(18(27-29(11)15)33(31,32)5-2)16-26-10-8-13(19(20,21)22)25-9-12(10)28(16)3/h6-9H,4-5H2,1-3H3,(H,23,30). The van der Waals surface area contributed by atoms with Crippen LogP contribution >= 0.6 is 0 Å². The molecule has 33 heavy (non-hydrogen) atoms. The Morgan fingerprint density at radius 3 is 2.58 bits per heavy atom. The second-order valence-corrected chi connectivity index (χ2v) is 9.25. The fourth-order valence-electron chi connectivity index (χ4n) is 3.37. The van der Waals surface area contributed by atoms with Crippen LogP contribution in [0.1, 0.15) is 30.0 Å². The predicted octanol–water partition coefficient (Wildman–Crippen LogP) is 2.24. The first kappa shape index (κ1) is 22.6. The maximum atomic E-state index is 13.1. The second kappa shape index (κ2) is 7.79. The smallest absolute Gasteiger partial charge is 0.351 e. The molecule has 0 radical (unpaired) electrons. The molecule has 4 rings (SSSR count). The number of alkyl halides is 3. The van der Waals surface area contributed by atoms with Crippen LogP contribution in [0.4, 0.5) is 13.2 Å². The summed E-state index contributed by atoms with van der Waals surface area (Å²) in [6.45, 7) is 3.48. The minimum Gasteiger partial charge on any atom is -0.351 e. The van der Waals surface area contributed by atoms with E-state index in [2.05, 4.69) is 25.4 Å². The summed E-state index contributed by atoms with van der Waals surface area (Å²) in [4.78, 5) is 24.4. The van der Waals surface area contributed by atoms with Crippen LogP contribution < -0.4 is 5.32 Å². The number of nitrogens with zero attached hydrogens (tertiary/aromatic N) is 6. The molecule has 0 atom stereocenters. The number of sulfone groups is 1. The molecule has 4 aromatic rings. The first-order chi connectivity index (χ1) is 15.5. The van der Waals surface area contributed by atoms with Gasteiger partial charge in [-0.3, -0.25) is 4.79 Å². The van der Waals surface area contributed by atoms with Crippen LogP contribution in [0.15, 0.2) is 29.6 Å². The number of hydrogen-bond donors (Lipinski definition) is 1. The number of halogens is 3. The maximum absolute atomic E-state index is 13.1. The Morgan fingerprint density at radius 1 is 1.21 bits per heavy atom. The van der Waals surface area contributed by atoms with Gasteiger partial charge >= 0.3 is 6.18 Å². The molecule has 174 valence electrons. The number of rotatable bonds is 5. The molecule has 10 nitrogen and oxygen atoms in total. The van der Waals surface area contributed by atoms with Crippen molar-refractivity contribution >= 4 is 32.4 Å². The van der Waals surface area contributed by atoms with Crippen molar-refractivity contribution in [3.8, 4) is 11.4 Å². The number of amides is 1. The van der Waals surface area contributed by atoms with Gasteiger partial charge in [-0.05, 0) is 19.1 Å². The van der Waals surface area contributed by atoms with Crippen molar-refractivity contribution in [2.24, 2.45) is 7.05 Å². The van der Waals surface area contributed by atoms with Crippen LogP contribution in [0.5, 0.6) is 0 Å². The SMILES string of the molecule is CCNC(=O)c1ccnc2c(-c3nc4cc(C(F)(F)F)ncc4n3C)c(S(=O)(=O)CC)nn12. The molecular formula is C19H18F3N7O3S. The summed E-state index contributed by atoms with van der Waals surface area (Å²) in [5, 5.41) is 6.40. The summed E-state index contributed by atoms with van der Waals surface area (Å²) in [6.07, 6.45) is -2.34. The topological polar surface area (TPSA) is 124 Å². The van der Waals surface area contributed by atoms with E-state index in [0.29, 0.717) is 6.54 Å². The lowest BCUT2D eigenvalue weighted by Gasteiger charge is -2.05. The van der Waals surface area contributed by atoms with Gasteiger partial charge in [0, 0.05) is 19.8 Å². The molecule has 4 aromatic heterocycles. The van der Waals surface area contributed by atoms with Crippen LogP contribution in [-0.4, -0.2) is 55.8 Å². The van der Waals surface area contributed by atoms with Gasteiger partial charge < -0.3 is 9.88 Å². The number of hydrogen-bond acceptors (Lipinski definition) is 7. The van der Waals surface area contributed by atoms with Gasteiger partial charge in [-0.25, -0.2) is 27.9 Å². The molecule has 4 heterocycles. The highest BCUT2D eigenvalue weighted by Crippen LogP contribution is 2.34. The Kier molecular flexibility index (Phi) is 5.35. The average Bonchev–Trinajstić information content (AvgIpc) is 3.31. The number of pyridine rings is 1. The zero-order valence-electron chi connectivity index (χ0n) is 17.7. The van der Waals surface area contributed by atoms with E-state index in [-0.39, 0.29) is 44.5 Å². The summed E-state index contributed by atoms with van der Waals surface area (Å²) in [7, 11) is -2.42. The molecule has 14 heteroatoms. The summed E-state index contributed by atoms with van der Waals surface area (Å²) < 4.78 is 67.6. The Bertz CT molecular complexity index is 1510. The van der Waals surface area contributed by atoms with Crippen molar-refractivity contribution in [3.63, 3.8) is 0 Å². The lowest BCUT2D eigenvalue weighted by Crippen LogP contribution is -2.25. The Balaban J connectivity index is 2.07. The Morgan fingerprint density at radius 2 is 1.94 bits per heavy atom. The number of imidazole rings is 1. The lowest BCUT2D eigenvalue weighted by molar-refractivity contribution is -0.141. The molecule has 0 aliphatic rings. The molecule has 0 fully saturated rings. The van der Waals surface area contributed by atoms with Gasteiger partial charge in [0.1, 0.15) is 22.8 Å². The molecule has 1 amide bonds. The summed E-state index contributed by atoms with van der Waals surface area (Å²) in [5.41, 5.74) is -0.868. The average molecular weight is 481 g/mol. The zero-order chi connectivity index (χ0) is 24.1. The molecule has 1 N–H and O–H groups in total. The molecule has 0 aliphatic carbocycles. The van der Waals surface area contributed by atoms with Crippen molar-refractivity contribution in [2.75, 3.05) is 12.3 Å². The van der Waals surface area contributed by atoms with Crippen molar-refractivity contribution in [1.82, 2.24) is 34.4 Å². The van der Waals surface area contributed by atoms with Crippen LogP contribution in [0.3, 0.4) is 0 Å². The van der Waals surface area contributed by atoms with Crippen molar-refractivity contribution < 1.29 is 26.4 Å². The van der Waals surface area contributed by atoms with E-state index in [1.165, 1.54) is 30.8 Å². The van der Waals surface area contributed by atoms with Gasteiger partial charge in [0.2, 0.25) is 0 Å². The summed E-state index contributed by atoms with van der Waals surface area (Å²) >= 11 is 0. The number of nitrogens with one attached hydrogen (secondary N) is 1. The minimum absolute atomic E-state index is 0.0183. The molecule has 0 aliphatic heterocycles. The summed E-state index contributed by atoms with van der Waals surface area (Å²) in [6, 6.07) is 2.16. The lowest BCUT2D eigenvalue weighted by atomic mass is 10.3. The minimum atomic E-state index is -4.67. The fourth-order valence-corrected chi connectivity index (χ4v) is 4.34. The summed E-state index contributed by atoms with van der Waals surface area (Å²) in [5.74, 6) is -0.776. The molecule has 0 saturated carbocycles. The molecule has 0 unspecified atom stereocenters. The first-order valence-corrected chi connectivity index (χ1v) is 11.4. The highest BCUT2D eigenvalue weighted by Gasteiger charge is 2.34. The van der Waals surface area contributed by atoms with Crippen molar-refractivity contribution in [1.29, 1.82) is 0 Å². The quantitative estimate of drug-likeness (QED) is 0.464. The number of aryl methyl sites for hydroxylation is 1. The van der Waals surface area contributed by atoms with Gasteiger partial charge in [0.15, 0.2) is 20.5 Å². The number of fused-ring (bicyclic) bond motifs is 2. The number of aromatic nitrogens is 6. The highest BCUT2D eigenvalue weighted by molar-refractivity contribution is 7.91. The molecule has 0 aromatic carbocycles. The fraction of sp³-hybridized carbons (Fsp3) is 0.316. The zero-order valence-corrected chi connectivity index (χ0v) is 18.5. The molecule has 0 saturated heterocycles. The van der Waals surface area contributed by atoms with E-state index < -0.39 is 27.6 Å². The first-order valence-electron chi connectivity index (χ1n) is 9.78. The van der Waals surface area contributed by atoms with Crippen LogP contribution in [-0.2, 0) is 23.1 Å². The third kappa shape index (κ3) is 3.69. The molecule has 0 bridgehead atoms. The third-order valence-corrected chi connectivity index (χ3v) is 6.65. The van der Waals surface area contributed by atoms with E-state index in [4.69, 9.17) is 0 Å². The molecule has 0 spiro atoms. The molecular weight excluding hydrogens is 463 g/mol. The third-order valence-electron chi connectivity index (χ3n) is 5.01. The number of carbonyl (C=O) groups excluding carboxylic acids is 1. The van der Waals surface area contributed by atoms with Crippen LogP contribution in [0.2, 0.25) is 0 Å². The van der Waals surface area contributed by atoms with Crippen molar-refractivity contribution in [2.45, 2.75) is 25.0 Å². The Labute approximate surface area is 185 Å². The van der Waals surface area contributed by atoms with E-state index in [1.54, 1.807) is 6.92 Å². The van der Waals surface area contributed by atoms with Gasteiger partial charge in [-0.1, -0.05) is 6.92 Å². The van der Waals surface area contributed by atoms with Crippen molar-refractivity contribution in [3.05, 3.63) is 35.9 Å². The van der Waals surface area contributed by atoms with E-state index in [0.717, 1.165) is 16.8 Å². The van der Waals surface area contributed by atoms with Gasteiger partial charge in [-0.15, -0.1) is 0 Å². The van der Waals surface area contributed by atoms with Gasteiger partial charge in [0.25, 0.3) is 5.91 Å². The van der Waals surface area contributed by atoms with Crippen LogP contribution in [0, 0.1) is 0 Å². The number of carbonyl (C=O) groups is 1. The van der Waals surface area contributed by atoms with Gasteiger partial charge in [-0.2, -0.15) is 18.3 Å².